The van der Waals surface area contributed by atoms with Crippen LogP contribution in [0.5, 0.6) is 0 Å². The molecule has 1 heterocycles. The second-order valence-electron chi connectivity index (χ2n) is 7.06. The molecule has 0 fully saturated rings. The van der Waals surface area contributed by atoms with Crippen LogP contribution in [-0.4, -0.2) is 23.1 Å². The van der Waals surface area contributed by atoms with Crippen LogP contribution in [-0.2, 0) is 9.53 Å². The number of aryl methyl sites for hydroxylation is 4. The number of rotatable bonds is 5. The van der Waals surface area contributed by atoms with Gasteiger partial charge in [-0.1, -0.05) is 17.7 Å². The first-order chi connectivity index (χ1) is 13.8. The summed E-state index contributed by atoms with van der Waals surface area (Å²) in [5.41, 5.74) is 5.95. The molecule has 0 saturated carbocycles. The molecule has 5 nitrogen and oxygen atoms in total. The molecule has 2 aromatic carbocycles. The number of anilines is 1. The second kappa shape index (κ2) is 8.53. The van der Waals surface area contributed by atoms with Crippen LogP contribution in [0.3, 0.4) is 0 Å². The molecule has 1 aromatic heterocycles. The Labute approximate surface area is 175 Å². The van der Waals surface area contributed by atoms with Gasteiger partial charge in [-0.15, -0.1) is 0 Å². The van der Waals surface area contributed by atoms with Crippen molar-refractivity contribution in [2.24, 2.45) is 0 Å². The average Bonchev–Trinajstić information content (AvgIpc) is 3.01. The predicted octanol–water partition coefficient (Wildman–Crippen LogP) is 5.16. The van der Waals surface area contributed by atoms with E-state index < -0.39 is 11.9 Å². The van der Waals surface area contributed by atoms with E-state index in [1.54, 1.807) is 18.2 Å². The highest BCUT2D eigenvalue weighted by atomic mass is 35.5. The Bertz CT molecular complexity index is 1030. The number of ether oxygens (including phenoxy) is 1. The van der Waals surface area contributed by atoms with Crippen LogP contribution in [0.4, 0.5) is 5.69 Å². The monoisotopic (exact) mass is 410 g/mol. The van der Waals surface area contributed by atoms with Gasteiger partial charge >= 0.3 is 5.97 Å². The summed E-state index contributed by atoms with van der Waals surface area (Å²) in [4.78, 5) is 24.4. The van der Waals surface area contributed by atoms with Crippen molar-refractivity contribution < 1.29 is 14.3 Å². The van der Waals surface area contributed by atoms with Gasteiger partial charge < -0.3 is 14.6 Å². The van der Waals surface area contributed by atoms with E-state index in [0.717, 1.165) is 28.2 Å². The van der Waals surface area contributed by atoms with Gasteiger partial charge in [0.1, 0.15) is 0 Å². The molecule has 1 N–H and O–H groups in total. The summed E-state index contributed by atoms with van der Waals surface area (Å²) in [6, 6.07) is 14.9. The lowest BCUT2D eigenvalue weighted by Gasteiger charge is -2.12. The van der Waals surface area contributed by atoms with E-state index in [9.17, 15) is 9.59 Å². The molecule has 0 unspecified atom stereocenters. The van der Waals surface area contributed by atoms with Gasteiger partial charge in [0.15, 0.2) is 6.61 Å². The van der Waals surface area contributed by atoms with E-state index in [4.69, 9.17) is 16.3 Å². The van der Waals surface area contributed by atoms with Gasteiger partial charge in [-0.05, 0) is 81.3 Å². The lowest BCUT2D eigenvalue weighted by molar-refractivity contribution is -0.119. The van der Waals surface area contributed by atoms with Gasteiger partial charge in [0.25, 0.3) is 5.91 Å². The summed E-state index contributed by atoms with van der Waals surface area (Å²) in [6.07, 6.45) is 0. The molecule has 0 bridgehead atoms. The molecule has 0 aliphatic heterocycles. The van der Waals surface area contributed by atoms with Gasteiger partial charge in [-0.2, -0.15) is 0 Å². The lowest BCUT2D eigenvalue weighted by Crippen LogP contribution is -2.21. The molecule has 6 heteroatoms. The number of carbonyl (C=O) groups excluding carboxylic acids is 2. The number of esters is 1. The number of benzene rings is 2. The molecule has 0 aliphatic rings. The van der Waals surface area contributed by atoms with Gasteiger partial charge in [0, 0.05) is 17.1 Å². The van der Waals surface area contributed by atoms with E-state index in [-0.39, 0.29) is 6.61 Å². The Balaban J connectivity index is 1.62. The van der Waals surface area contributed by atoms with E-state index >= 15 is 0 Å². The van der Waals surface area contributed by atoms with E-state index in [0.29, 0.717) is 16.3 Å². The number of hydrogen-bond donors (Lipinski definition) is 1. The minimum atomic E-state index is -0.556. The molecular weight excluding hydrogens is 388 g/mol. The average molecular weight is 411 g/mol. The molecule has 150 valence electrons. The summed E-state index contributed by atoms with van der Waals surface area (Å²) in [6.45, 7) is 7.44. The summed E-state index contributed by atoms with van der Waals surface area (Å²) < 4.78 is 7.24. The van der Waals surface area contributed by atoms with Crippen LogP contribution >= 0.6 is 11.6 Å². The number of nitrogens with zero attached hydrogens (tertiary/aromatic N) is 1. The Morgan fingerprint density at radius 1 is 0.966 bits per heavy atom. The number of nitrogens with one attached hydrogen (secondary N) is 1. The first-order valence-corrected chi connectivity index (χ1v) is 9.63. The van der Waals surface area contributed by atoms with Crippen molar-refractivity contribution in [1.29, 1.82) is 0 Å². The highest BCUT2D eigenvalue weighted by Gasteiger charge is 2.14. The van der Waals surface area contributed by atoms with Gasteiger partial charge in [-0.3, -0.25) is 4.79 Å². The van der Waals surface area contributed by atoms with Crippen molar-refractivity contribution >= 4 is 29.2 Å². The number of amides is 1. The zero-order valence-corrected chi connectivity index (χ0v) is 17.6. The number of halogens is 1. The number of hydrogen-bond acceptors (Lipinski definition) is 3. The number of aromatic nitrogens is 1. The first-order valence-electron chi connectivity index (χ1n) is 9.25. The molecule has 0 spiro atoms. The summed E-state index contributed by atoms with van der Waals surface area (Å²) >= 11 is 6.19. The molecule has 0 aliphatic carbocycles. The predicted molar refractivity (Wildman–Crippen MR) is 115 cm³/mol. The molecule has 0 radical (unpaired) electrons. The van der Waals surface area contributed by atoms with Gasteiger partial charge in [0.05, 0.1) is 16.3 Å². The molecule has 3 aromatic rings. The minimum absolute atomic E-state index is 0.383. The van der Waals surface area contributed by atoms with Crippen molar-refractivity contribution in [2.75, 3.05) is 11.9 Å². The van der Waals surface area contributed by atoms with Crippen LogP contribution in [0, 0.1) is 27.7 Å². The Hall–Kier alpha value is -3.05. The zero-order valence-electron chi connectivity index (χ0n) is 16.9. The fraction of sp³-hybridized carbons (Fsp3) is 0.217. The molecule has 0 saturated heterocycles. The third-order valence-corrected chi connectivity index (χ3v) is 4.96. The topological polar surface area (TPSA) is 60.3 Å². The molecular formula is C23H23ClN2O3. The van der Waals surface area contributed by atoms with Gasteiger partial charge in [-0.25, -0.2) is 4.79 Å². The maximum absolute atomic E-state index is 12.3. The lowest BCUT2D eigenvalue weighted by atomic mass is 10.1. The Morgan fingerprint density at radius 3 is 2.17 bits per heavy atom. The van der Waals surface area contributed by atoms with Crippen LogP contribution in [0.2, 0.25) is 5.02 Å². The third kappa shape index (κ3) is 4.69. The second-order valence-corrected chi connectivity index (χ2v) is 7.47. The molecule has 29 heavy (non-hydrogen) atoms. The van der Waals surface area contributed by atoms with E-state index in [1.807, 2.05) is 58.0 Å². The fourth-order valence-corrected chi connectivity index (χ4v) is 3.65. The van der Waals surface area contributed by atoms with E-state index in [2.05, 4.69) is 9.88 Å². The van der Waals surface area contributed by atoms with Crippen molar-refractivity contribution in [3.8, 4) is 5.69 Å². The van der Waals surface area contributed by atoms with Crippen molar-refractivity contribution in [3.05, 3.63) is 81.6 Å². The standard InChI is InChI=1S/C23H23ClN2O3/c1-14-11-15(2)22(20(24)12-14)25-21(27)13-29-23(28)18-7-9-19(10-8-18)26-16(3)5-6-17(26)4/h5-12H,13H2,1-4H3,(H,25,27). The Kier molecular flexibility index (Phi) is 6.09. The zero-order chi connectivity index (χ0) is 21.1. The largest absolute Gasteiger partial charge is 0.452 e. The minimum Gasteiger partial charge on any atom is -0.452 e. The van der Waals surface area contributed by atoms with Crippen LogP contribution in [0.25, 0.3) is 5.69 Å². The fourth-order valence-electron chi connectivity index (χ4n) is 3.29. The SMILES string of the molecule is Cc1cc(C)c(NC(=O)COC(=O)c2ccc(-n3c(C)ccc3C)cc2)c(Cl)c1. The summed E-state index contributed by atoms with van der Waals surface area (Å²) in [7, 11) is 0. The summed E-state index contributed by atoms with van der Waals surface area (Å²) in [5, 5.41) is 3.15. The van der Waals surface area contributed by atoms with E-state index in [1.165, 1.54) is 0 Å². The van der Waals surface area contributed by atoms with Crippen molar-refractivity contribution in [3.63, 3.8) is 0 Å². The highest BCUT2D eigenvalue weighted by molar-refractivity contribution is 6.34. The van der Waals surface area contributed by atoms with Crippen LogP contribution < -0.4 is 5.32 Å². The molecule has 3 rings (SSSR count). The van der Waals surface area contributed by atoms with Gasteiger partial charge in [0.2, 0.25) is 0 Å². The summed E-state index contributed by atoms with van der Waals surface area (Å²) in [5.74, 6) is -0.998. The third-order valence-electron chi connectivity index (χ3n) is 4.66. The molecule has 1 amide bonds. The van der Waals surface area contributed by atoms with Crippen LogP contribution in [0.1, 0.15) is 32.9 Å². The quantitative estimate of drug-likeness (QED) is 0.591. The maximum atomic E-state index is 12.3. The smallest absolute Gasteiger partial charge is 0.338 e. The first kappa shape index (κ1) is 20.7. The maximum Gasteiger partial charge on any atom is 0.338 e. The Morgan fingerprint density at radius 2 is 1.59 bits per heavy atom. The normalized spacial score (nSPS) is 10.7. The van der Waals surface area contributed by atoms with Crippen molar-refractivity contribution in [1.82, 2.24) is 4.57 Å². The number of carbonyl (C=O) groups is 2. The van der Waals surface area contributed by atoms with Crippen molar-refractivity contribution in [2.45, 2.75) is 27.7 Å². The molecule has 0 atom stereocenters. The highest BCUT2D eigenvalue weighted by Crippen LogP contribution is 2.27. The van der Waals surface area contributed by atoms with Crippen LogP contribution in [0.15, 0.2) is 48.5 Å².